The van der Waals surface area contributed by atoms with E-state index in [4.69, 9.17) is 5.73 Å². The molecule has 0 aliphatic heterocycles. The van der Waals surface area contributed by atoms with Crippen molar-refractivity contribution >= 4 is 5.69 Å². The number of alkyl halides is 3. The van der Waals surface area contributed by atoms with E-state index in [1.807, 2.05) is 0 Å². The van der Waals surface area contributed by atoms with Crippen LogP contribution in [0.25, 0.3) is 0 Å². The summed E-state index contributed by atoms with van der Waals surface area (Å²) in [5, 5.41) is 0. The van der Waals surface area contributed by atoms with E-state index >= 15 is 0 Å². The van der Waals surface area contributed by atoms with Crippen molar-refractivity contribution in [1.82, 2.24) is 9.47 Å². The van der Waals surface area contributed by atoms with Gasteiger partial charge in [0.15, 0.2) is 0 Å². The van der Waals surface area contributed by atoms with Crippen molar-refractivity contribution in [2.75, 3.05) is 18.8 Å². The van der Waals surface area contributed by atoms with Crippen LogP contribution in [0.4, 0.5) is 18.9 Å². The molecular formula is C12H16F3N3O. The Hall–Kier alpha value is -1.50. The molecule has 0 amide bonds. The van der Waals surface area contributed by atoms with Crippen LogP contribution in [-0.2, 0) is 6.54 Å². The van der Waals surface area contributed by atoms with Crippen LogP contribution in [-0.4, -0.2) is 34.8 Å². The molecule has 1 heterocycles. The maximum Gasteiger partial charge on any atom is 0.401 e. The molecule has 0 aromatic carbocycles. The van der Waals surface area contributed by atoms with Crippen LogP contribution in [0.1, 0.15) is 12.8 Å². The largest absolute Gasteiger partial charge is 0.401 e. The molecule has 2 N–H and O–H groups in total. The van der Waals surface area contributed by atoms with E-state index in [1.165, 1.54) is 27.8 Å². The first-order chi connectivity index (χ1) is 8.85. The van der Waals surface area contributed by atoms with Gasteiger partial charge in [0.05, 0.1) is 6.54 Å². The third-order valence-electron chi connectivity index (χ3n) is 3.08. The first kappa shape index (κ1) is 13.9. The van der Waals surface area contributed by atoms with E-state index in [2.05, 4.69) is 0 Å². The third kappa shape index (κ3) is 4.27. The second-order valence-corrected chi connectivity index (χ2v) is 4.81. The average molecular weight is 275 g/mol. The molecule has 4 nitrogen and oxygen atoms in total. The van der Waals surface area contributed by atoms with E-state index in [0.717, 1.165) is 12.8 Å². The Morgan fingerprint density at radius 3 is 2.63 bits per heavy atom. The quantitative estimate of drug-likeness (QED) is 0.885. The number of halogens is 3. The van der Waals surface area contributed by atoms with Gasteiger partial charge in [-0.25, -0.2) is 0 Å². The van der Waals surface area contributed by atoms with Crippen molar-refractivity contribution in [3.63, 3.8) is 0 Å². The molecule has 1 fully saturated rings. The van der Waals surface area contributed by atoms with E-state index in [9.17, 15) is 18.0 Å². The number of rotatable bonds is 5. The second kappa shape index (κ2) is 5.24. The van der Waals surface area contributed by atoms with Gasteiger partial charge < -0.3 is 10.3 Å². The molecule has 0 saturated heterocycles. The van der Waals surface area contributed by atoms with Gasteiger partial charge in [-0.15, -0.1) is 0 Å². The van der Waals surface area contributed by atoms with Gasteiger partial charge in [0.1, 0.15) is 0 Å². The number of nitrogens with zero attached hydrogens (tertiary/aromatic N) is 2. The van der Waals surface area contributed by atoms with Gasteiger partial charge in [-0.05, 0) is 18.9 Å². The fraction of sp³-hybridized carbons (Fsp3) is 0.583. The van der Waals surface area contributed by atoms with E-state index in [0.29, 0.717) is 5.69 Å². The Labute approximate surface area is 108 Å². The van der Waals surface area contributed by atoms with E-state index in [1.54, 1.807) is 0 Å². The van der Waals surface area contributed by atoms with Gasteiger partial charge in [0.2, 0.25) is 0 Å². The molecule has 1 aromatic heterocycles. The number of hydrogen-bond donors (Lipinski definition) is 1. The molecule has 0 bridgehead atoms. The zero-order valence-electron chi connectivity index (χ0n) is 10.4. The Balaban J connectivity index is 1.98. The number of nitrogens with two attached hydrogens (primary N) is 1. The summed E-state index contributed by atoms with van der Waals surface area (Å²) in [6, 6.07) is 2.80. The van der Waals surface area contributed by atoms with Crippen LogP contribution in [0.2, 0.25) is 0 Å². The lowest BCUT2D eigenvalue weighted by molar-refractivity contribution is -0.147. The Bertz CT molecular complexity index is 494. The minimum absolute atomic E-state index is 0.00149. The molecule has 1 aromatic rings. The van der Waals surface area contributed by atoms with Crippen LogP contribution in [0.15, 0.2) is 23.1 Å². The summed E-state index contributed by atoms with van der Waals surface area (Å²) >= 11 is 0. The summed E-state index contributed by atoms with van der Waals surface area (Å²) < 4.78 is 38.6. The van der Waals surface area contributed by atoms with Crippen LogP contribution in [0, 0.1) is 0 Å². The van der Waals surface area contributed by atoms with Gasteiger partial charge in [0.25, 0.3) is 5.56 Å². The van der Waals surface area contributed by atoms with Crippen molar-refractivity contribution in [3.05, 3.63) is 28.7 Å². The summed E-state index contributed by atoms with van der Waals surface area (Å²) in [4.78, 5) is 12.9. The maximum absolute atomic E-state index is 12.4. The molecule has 19 heavy (non-hydrogen) atoms. The molecular weight excluding hydrogens is 259 g/mol. The zero-order valence-corrected chi connectivity index (χ0v) is 10.4. The molecule has 1 saturated carbocycles. The Morgan fingerprint density at radius 2 is 2.05 bits per heavy atom. The van der Waals surface area contributed by atoms with Crippen LogP contribution in [0.3, 0.4) is 0 Å². The molecule has 0 spiro atoms. The lowest BCUT2D eigenvalue weighted by atomic mass is 10.4. The number of pyridine rings is 1. The predicted octanol–water partition coefficient (Wildman–Crippen LogP) is 1.46. The number of aromatic nitrogens is 1. The molecule has 0 atom stereocenters. The van der Waals surface area contributed by atoms with Gasteiger partial charge >= 0.3 is 6.18 Å². The van der Waals surface area contributed by atoms with E-state index < -0.39 is 12.7 Å². The molecule has 1 aliphatic rings. The van der Waals surface area contributed by atoms with Gasteiger partial charge in [0, 0.05) is 37.1 Å². The van der Waals surface area contributed by atoms with Crippen molar-refractivity contribution in [3.8, 4) is 0 Å². The molecule has 7 heteroatoms. The lowest BCUT2D eigenvalue weighted by Gasteiger charge is -2.23. The number of anilines is 1. The van der Waals surface area contributed by atoms with Crippen LogP contribution in [0.5, 0.6) is 0 Å². The zero-order chi connectivity index (χ0) is 14.0. The van der Waals surface area contributed by atoms with Crippen LogP contribution >= 0.6 is 0 Å². The predicted molar refractivity (Wildman–Crippen MR) is 65.8 cm³/mol. The summed E-state index contributed by atoms with van der Waals surface area (Å²) in [7, 11) is 0. The highest BCUT2D eigenvalue weighted by atomic mass is 19.4. The van der Waals surface area contributed by atoms with Gasteiger partial charge in [-0.3, -0.25) is 9.69 Å². The minimum atomic E-state index is -4.21. The first-order valence-electron chi connectivity index (χ1n) is 6.12. The highest BCUT2D eigenvalue weighted by molar-refractivity contribution is 5.33. The Morgan fingerprint density at radius 1 is 1.37 bits per heavy atom. The highest BCUT2D eigenvalue weighted by Gasteiger charge is 2.37. The molecule has 106 valence electrons. The third-order valence-corrected chi connectivity index (χ3v) is 3.08. The summed E-state index contributed by atoms with van der Waals surface area (Å²) in [5.74, 6) is 0. The molecule has 2 rings (SSSR count). The molecule has 0 radical (unpaired) electrons. The molecule has 1 aliphatic carbocycles. The molecule has 0 unspecified atom stereocenters. The first-order valence-corrected chi connectivity index (χ1v) is 6.12. The van der Waals surface area contributed by atoms with Crippen molar-refractivity contribution in [1.29, 1.82) is 0 Å². The fourth-order valence-electron chi connectivity index (χ4n) is 2.02. The standard InChI is InChI=1S/C12H16F3N3O/c13-12(14,15)8-18(10-2-3-10)6-5-17-7-9(16)1-4-11(17)19/h1,4,7,10H,2-3,5-6,8,16H2. The lowest BCUT2D eigenvalue weighted by Crippen LogP contribution is -2.39. The van der Waals surface area contributed by atoms with Crippen molar-refractivity contribution < 1.29 is 13.2 Å². The summed E-state index contributed by atoms with van der Waals surface area (Å²) in [6.45, 7) is -0.501. The second-order valence-electron chi connectivity index (χ2n) is 4.81. The smallest absolute Gasteiger partial charge is 0.398 e. The van der Waals surface area contributed by atoms with Crippen LogP contribution < -0.4 is 11.3 Å². The number of hydrogen-bond acceptors (Lipinski definition) is 3. The minimum Gasteiger partial charge on any atom is -0.398 e. The van der Waals surface area contributed by atoms with Crippen molar-refractivity contribution in [2.45, 2.75) is 31.6 Å². The van der Waals surface area contributed by atoms with Gasteiger partial charge in [-0.1, -0.05) is 0 Å². The van der Waals surface area contributed by atoms with Gasteiger partial charge in [-0.2, -0.15) is 13.2 Å². The monoisotopic (exact) mass is 275 g/mol. The number of nitrogen functional groups attached to an aromatic ring is 1. The SMILES string of the molecule is Nc1ccc(=O)n(CCN(CC(F)(F)F)C2CC2)c1. The summed E-state index contributed by atoms with van der Waals surface area (Å²) in [5.41, 5.74) is 5.73. The highest BCUT2D eigenvalue weighted by Crippen LogP contribution is 2.29. The topological polar surface area (TPSA) is 51.3 Å². The normalized spacial score (nSPS) is 16.0. The fourth-order valence-corrected chi connectivity index (χ4v) is 2.02. The maximum atomic E-state index is 12.4. The average Bonchev–Trinajstić information content (AvgIpc) is 3.11. The van der Waals surface area contributed by atoms with Crippen molar-refractivity contribution in [2.24, 2.45) is 0 Å². The Kier molecular flexibility index (Phi) is 3.84. The van der Waals surface area contributed by atoms with E-state index in [-0.39, 0.29) is 24.7 Å². The summed E-state index contributed by atoms with van der Waals surface area (Å²) in [6.07, 6.45) is -1.16.